The molecule has 3 heteroatoms. The van der Waals surface area contributed by atoms with Crippen molar-refractivity contribution in [1.29, 1.82) is 0 Å². The Labute approximate surface area is 137 Å². The molecule has 1 aliphatic carbocycles. The number of benzene rings is 2. The fourth-order valence-corrected chi connectivity index (χ4v) is 3.55. The van der Waals surface area contributed by atoms with Crippen LogP contribution in [0.15, 0.2) is 54.6 Å². The lowest BCUT2D eigenvalue weighted by atomic mass is 9.88. The van der Waals surface area contributed by atoms with Crippen molar-refractivity contribution in [3.8, 4) is 5.75 Å². The Kier molecular flexibility index (Phi) is 4.65. The van der Waals surface area contributed by atoms with E-state index in [1.807, 2.05) is 42.5 Å². The number of para-hydroxylation sites is 1. The molecule has 120 valence electrons. The monoisotopic (exact) mass is 309 g/mol. The van der Waals surface area contributed by atoms with E-state index < -0.39 is 0 Å². The van der Waals surface area contributed by atoms with Crippen molar-refractivity contribution in [1.82, 2.24) is 5.32 Å². The van der Waals surface area contributed by atoms with Gasteiger partial charge in [0.15, 0.2) is 0 Å². The van der Waals surface area contributed by atoms with Gasteiger partial charge in [0.25, 0.3) is 0 Å². The maximum Gasteiger partial charge on any atom is 0.225 e. The van der Waals surface area contributed by atoms with E-state index >= 15 is 0 Å². The van der Waals surface area contributed by atoms with Crippen LogP contribution in [0.1, 0.15) is 36.8 Å². The quantitative estimate of drug-likeness (QED) is 0.911. The molecule has 0 aromatic heterocycles. The minimum Gasteiger partial charge on any atom is -0.496 e. The van der Waals surface area contributed by atoms with Crippen molar-refractivity contribution < 1.29 is 9.53 Å². The van der Waals surface area contributed by atoms with Crippen LogP contribution in [0.3, 0.4) is 0 Å². The fourth-order valence-electron chi connectivity index (χ4n) is 3.55. The topological polar surface area (TPSA) is 38.3 Å². The van der Waals surface area contributed by atoms with Gasteiger partial charge in [0.2, 0.25) is 5.91 Å². The predicted molar refractivity (Wildman–Crippen MR) is 91.4 cm³/mol. The van der Waals surface area contributed by atoms with Crippen LogP contribution in [0.5, 0.6) is 5.75 Å². The molecule has 1 fully saturated rings. The molecule has 0 atom stereocenters. The lowest BCUT2D eigenvalue weighted by Crippen LogP contribution is -2.44. The number of rotatable bonds is 5. The fraction of sp³-hybridized carbons (Fsp3) is 0.350. The number of nitrogens with one attached hydrogen (secondary N) is 1. The van der Waals surface area contributed by atoms with Gasteiger partial charge < -0.3 is 10.1 Å². The summed E-state index contributed by atoms with van der Waals surface area (Å²) >= 11 is 0. The summed E-state index contributed by atoms with van der Waals surface area (Å²) in [5.74, 6) is 0.822. The summed E-state index contributed by atoms with van der Waals surface area (Å²) in [5.41, 5.74) is 1.93. The van der Waals surface area contributed by atoms with E-state index in [-0.39, 0.29) is 11.4 Å². The Morgan fingerprint density at radius 2 is 1.70 bits per heavy atom. The van der Waals surface area contributed by atoms with Gasteiger partial charge >= 0.3 is 0 Å². The van der Waals surface area contributed by atoms with Gasteiger partial charge in [0.05, 0.1) is 19.1 Å². The van der Waals surface area contributed by atoms with Crippen LogP contribution in [0.25, 0.3) is 0 Å². The number of carbonyl (C=O) groups excluding carboxylic acids is 1. The average Bonchev–Trinajstić information content (AvgIpc) is 3.06. The van der Waals surface area contributed by atoms with Crippen LogP contribution in [-0.2, 0) is 16.8 Å². The van der Waals surface area contributed by atoms with Crippen LogP contribution in [0, 0.1) is 0 Å². The molecule has 3 nitrogen and oxygen atoms in total. The van der Waals surface area contributed by atoms with E-state index in [0.29, 0.717) is 6.42 Å². The molecule has 1 aliphatic rings. The number of hydrogen-bond acceptors (Lipinski definition) is 2. The van der Waals surface area contributed by atoms with E-state index in [4.69, 9.17) is 4.74 Å². The highest BCUT2D eigenvalue weighted by Gasteiger charge is 2.36. The summed E-state index contributed by atoms with van der Waals surface area (Å²) in [4.78, 5) is 12.6. The van der Waals surface area contributed by atoms with E-state index in [1.54, 1.807) is 7.11 Å². The van der Waals surface area contributed by atoms with Gasteiger partial charge in [-0.2, -0.15) is 0 Å². The molecular weight excluding hydrogens is 286 g/mol. The first-order valence-corrected chi connectivity index (χ1v) is 8.22. The molecular formula is C20H23NO2. The van der Waals surface area contributed by atoms with Crippen molar-refractivity contribution >= 4 is 5.91 Å². The second-order valence-corrected chi connectivity index (χ2v) is 6.19. The van der Waals surface area contributed by atoms with Gasteiger partial charge in [-0.3, -0.25) is 4.79 Å². The zero-order chi connectivity index (χ0) is 16.1. The molecule has 0 heterocycles. The normalized spacial score (nSPS) is 16.0. The minimum atomic E-state index is -0.208. The van der Waals surface area contributed by atoms with Gasteiger partial charge in [-0.05, 0) is 24.5 Å². The molecule has 23 heavy (non-hydrogen) atoms. The van der Waals surface area contributed by atoms with Crippen LogP contribution < -0.4 is 10.1 Å². The van der Waals surface area contributed by atoms with E-state index in [9.17, 15) is 4.79 Å². The highest BCUT2D eigenvalue weighted by Crippen LogP contribution is 2.38. The van der Waals surface area contributed by atoms with Crippen molar-refractivity contribution in [3.63, 3.8) is 0 Å². The van der Waals surface area contributed by atoms with Crippen molar-refractivity contribution in [3.05, 3.63) is 65.7 Å². The van der Waals surface area contributed by atoms with Gasteiger partial charge in [-0.1, -0.05) is 61.4 Å². The summed E-state index contributed by atoms with van der Waals surface area (Å²) in [7, 11) is 1.64. The summed E-state index contributed by atoms with van der Waals surface area (Å²) in [5, 5.41) is 3.31. The van der Waals surface area contributed by atoms with E-state index in [1.165, 1.54) is 5.56 Å². The Morgan fingerprint density at radius 3 is 2.39 bits per heavy atom. The Morgan fingerprint density at radius 1 is 1.04 bits per heavy atom. The van der Waals surface area contributed by atoms with Gasteiger partial charge in [-0.15, -0.1) is 0 Å². The first-order chi connectivity index (χ1) is 11.2. The van der Waals surface area contributed by atoms with Gasteiger partial charge in [0, 0.05) is 5.56 Å². The van der Waals surface area contributed by atoms with Crippen molar-refractivity contribution in [2.45, 2.75) is 37.6 Å². The Balaban J connectivity index is 1.77. The SMILES string of the molecule is COc1ccccc1CC(=O)NC1(c2ccccc2)CCCC1. The molecule has 0 saturated heterocycles. The standard InChI is InChI=1S/C20H23NO2/c1-23-18-12-6-5-9-16(18)15-19(22)21-20(13-7-8-14-20)17-10-3-2-4-11-17/h2-6,9-12H,7-8,13-15H2,1H3,(H,21,22). The molecule has 2 aromatic carbocycles. The molecule has 0 bridgehead atoms. The highest BCUT2D eigenvalue weighted by molar-refractivity contribution is 5.80. The molecule has 0 unspecified atom stereocenters. The van der Waals surface area contributed by atoms with Crippen LogP contribution in [0.4, 0.5) is 0 Å². The maximum absolute atomic E-state index is 12.6. The third-order valence-electron chi connectivity index (χ3n) is 4.71. The first-order valence-electron chi connectivity index (χ1n) is 8.22. The number of amides is 1. The average molecular weight is 309 g/mol. The molecule has 1 saturated carbocycles. The van der Waals surface area contributed by atoms with Gasteiger partial charge in [0.1, 0.15) is 5.75 Å². The lowest BCUT2D eigenvalue weighted by Gasteiger charge is -2.31. The largest absolute Gasteiger partial charge is 0.496 e. The molecule has 0 radical (unpaired) electrons. The number of hydrogen-bond donors (Lipinski definition) is 1. The summed E-state index contributed by atoms with van der Waals surface area (Å²) in [6.07, 6.45) is 4.68. The van der Waals surface area contributed by atoms with Crippen molar-refractivity contribution in [2.75, 3.05) is 7.11 Å². The first kappa shape index (κ1) is 15.6. The Bertz CT molecular complexity index is 660. The summed E-state index contributed by atoms with van der Waals surface area (Å²) in [6.45, 7) is 0. The van der Waals surface area contributed by atoms with Crippen LogP contribution in [0.2, 0.25) is 0 Å². The van der Waals surface area contributed by atoms with Crippen LogP contribution >= 0.6 is 0 Å². The molecule has 1 amide bonds. The maximum atomic E-state index is 12.6. The Hall–Kier alpha value is -2.29. The number of ether oxygens (including phenoxy) is 1. The van der Waals surface area contributed by atoms with Gasteiger partial charge in [-0.25, -0.2) is 0 Å². The molecule has 2 aromatic rings. The third-order valence-corrected chi connectivity index (χ3v) is 4.71. The van der Waals surface area contributed by atoms with Crippen molar-refractivity contribution in [2.24, 2.45) is 0 Å². The molecule has 3 rings (SSSR count). The van der Waals surface area contributed by atoms with E-state index in [0.717, 1.165) is 37.0 Å². The zero-order valence-electron chi connectivity index (χ0n) is 13.5. The second kappa shape index (κ2) is 6.86. The van der Waals surface area contributed by atoms with E-state index in [2.05, 4.69) is 17.4 Å². The van der Waals surface area contributed by atoms with Crippen LogP contribution in [-0.4, -0.2) is 13.0 Å². The number of carbonyl (C=O) groups is 1. The second-order valence-electron chi connectivity index (χ2n) is 6.19. The molecule has 0 spiro atoms. The highest BCUT2D eigenvalue weighted by atomic mass is 16.5. The molecule has 1 N–H and O–H groups in total. The number of methoxy groups -OCH3 is 1. The minimum absolute atomic E-state index is 0.0558. The lowest BCUT2D eigenvalue weighted by molar-refractivity contribution is -0.122. The smallest absolute Gasteiger partial charge is 0.225 e. The zero-order valence-corrected chi connectivity index (χ0v) is 13.5. The predicted octanol–water partition coefficient (Wildman–Crippen LogP) is 3.82. The summed E-state index contributed by atoms with van der Waals surface area (Å²) in [6, 6.07) is 18.0. The molecule has 0 aliphatic heterocycles. The summed E-state index contributed by atoms with van der Waals surface area (Å²) < 4.78 is 5.35. The third kappa shape index (κ3) is 3.39.